The van der Waals surface area contributed by atoms with Crippen LogP contribution in [0.1, 0.15) is 91.4 Å². The molecular formula is C45H53F3N4O5. The van der Waals surface area contributed by atoms with Crippen molar-refractivity contribution >= 4 is 11.7 Å². The number of aromatic nitrogens is 2. The van der Waals surface area contributed by atoms with E-state index in [2.05, 4.69) is 33.6 Å². The maximum absolute atomic E-state index is 12.9. The number of hydrogen-bond donors (Lipinski definition) is 4. The minimum atomic E-state index is -4.46. The van der Waals surface area contributed by atoms with Crippen LogP contribution in [-0.4, -0.2) is 65.1 Å². The first-order valence-electron chi connectivity index (χ1n) is 20.2. The van der Waals surface area contributed by atoms with Crippen molar-refractivity contribution in [2.75, 3.05) is 32.2 Å². The van der Waals surface area contributed by atoms with Gasteiger partial charge in [-0.3, -0.25) is 9.78 Å². The zero-order chi connectivity index (χ0) is 40.2. The monoisotopic (exact) mass is 786 g/mol. The number of amides is 1. The highest BCUT2D eigenvalue weighted by Crippen LogP contribution is 2.62. The molecule has 2 heterocycles. The van der Waals surface area contributed by atoms with Crippen molar-refractivity contribution in [2.45, 2.75) is 89.0 Å². The van der Waals surface area contributed by atoms with E-state index < -0.39 is 11.9 Å². The molecule has 2 saturated carbocycles. The molecule has 1 aromatic heterocycles. The average molecular weight is 787 g/mol. The number of anilines is 1. The largest absolute Gasteiger partial charge is 0.508 e. The van der Waals surface area contributed by atoms with Crippen LogP contribution in [0, 0.1) is 23.2 Å². The number of rotatable bonds is 9. The Bertz CT molecular complexity index is 1970. The molecule has 304 valence electrons. The number of ether oxygens (including phenoxy) is 2. The molecular weight excluding hydrogens is 734 g/mol. The number of halogens is 3. The van der Waals surface area contributed by atoms with E-state index in [1.807, 2.05) is 60.7 Å². The van der Waals surface area contributed by atoms with Crippen molar-refractivity contribution < 1.29 is 37.7 Å². The lowest BCUT2D eigenvalue weighted by molar-refractivity contribution is -0.141. The Morgan fingerprint density at radius 2 is 1.75 bits per heavy atom. The fourth-order valence-electron chi connectivity index (χ4n) is 9.93. The molecule has 9 nitrogen and oxygen atoms in total. The van der Waals surface area contributed by atoms with E-state index in [-0.39, 0.29) is 29.3 Å². The topological polar surface area (TPSA) is 126 Å². The van der Waals surface area contributed by atoms with E-state index in [4.69, 9.17) is 9.47 Å². The maximum atomic E-state index is 12.9. The molecule has 3 fully saturated rings. The van der Waals surface area contributed by atoms with Gasteiger partial charge < -0.3 is 30.3 Å². The first-order valence-corrected chi connectivity index (χ1v) is 20.2. The molecule has 4 N–H and O–H groups in total. The van der Waals surface area contributed by atoms with Crippen LogP contribution in [0.5, 0.6) is 11.5 Å². The fraction of sp³-hybridized carbons (Fsp3) is 0.489. The lowest BCUT2D eigenvalue weighted by atomic mass is 9.52. The molecule has 0 bridgehead atoms. The first kappa shape index (κ1) is 40.5. The molecule has 1 amide bonds. The molecule has 8 rings (SSSR count). The van der Waals surface area contributed by atoms with E-state index in [0.29, 0.717) is 60.9 Å². The number of fused-ring (bicyclic) bond motifs is 5. The van der Waals surface area contributed by atoms with Gasteiger partial charge in [0.05, 0.1) is 38.3 Å². The summed E-state index contributed by atoms with van der Waals surface area (Å²) in [5, 5.41) is 27.1. The third-order valence-corrected chi connectivity index (χ3v) is 12.9. The van der Waals surface area contributed by atoms with Gasteiger partial charge in [-0.1, -0.05) is 37.3 Å². The fourth-order valence-corrected chi connectivity index (χ4v) is 9.93. The molecule has 1 saturated heterocycles. The van der Waals surface area contributed by atoms with Crippen molar-refractivity contribution in [1.29, 1.82) is 0 Å². The van der Waals surface area contributed by atoms with E-state index in [1.54, 1.807) is 7.11 Å². The Morgan fingerprint density at radius 3 is 2.46 bits per heavy atom. The number of hydrogen-bond acceptors (Lipinski definition) is 8. The summed E-state index contributed by atoms with van der Waals surface area (Å²) in [4.78, 5) is 19.9. The van der Waals surface area contributed by atoms with Crippen LogP contribution in [0.25, 0.3) is 11.1 Å². The van der Waals surface area contributed by atoms with Gasteiger partial charge in [-0.25, -0.2) is 4.98 Å². The molecule has 0 radical (unpaired) electrons. The van der Waals surface area contributed by atoms with Gasteiger partial charge in [0.15, 0.2) is 5.69 Å². The quantitative estimate of drug-likeness (QED) is 0.124. The molecule has 4 aliphatic rings. The predicted molar refractivity (Wildman–Crippen MR) is 212 cm³/mol. The van der Waals surface area contributed by atoms with Gasteiger partial charge in [-0.05, 0) is 146 Å². The van der Waals surface area contributed by atoms with Crippen LogP contribution in [0.2, 0.25) is 0 Å². The summed E-state index contributed by atoms with van der Waals surface area (Å²) in [6.07, 6.45) is 6.19. The number of phenols is 1. The van der Waals surface area contributed by atoms with Crippen molar-refractivity contribution in [3.63, 3.8) is 0 Å². The summed E-state index contributed by atoms with van der Waals surface area (Å²) in [7, 11) is 1.66. The number of carbonyl (C=O) groups excluding carboxylic acids is 1. The zero-order valence-corrected chi connectivity index (χ0v) is 32.6. The number of phenolic OH excluding ortho intramolecular Hbond substituents is 1. The van der Waals surface area contributed by atoms with Gasteiger partial charge in [0.2, 0.25) is 0 Å². The number of aliphatic hydroxyl groups is 1. The molecule has 57 heavy (non-hydrogen) atoms. The summed E-state index contributed by atoms with van der Waals surface area (Å²) in [5.41, 5.74) is 4.54. The van der Waals surface area contributed by atoms with Gasteiger partial charge in [0.1, 0.15) is 17.3 Å². The molecule has 7 unspecified atom stereocenters. The van der Waals surface area contributed by atoms with E-state index in [1.165, 1.54) is 17.3 Å². The Kier molecular flexibility index (Phi) is 12.4. The second-order valence-electron chi connectivity index (χ2n) is 16.3. The SMILES string of the molecule is COc1ccc(-c2ccc(C(=O)NCCCC3Cc4cc(O)ccc4C4CCC5(C)C(O)CCC5C34)cc2)cc1.FC(F)(F)c1cncc(NC2CCCOC2)n1. The molecule has 3 aliphatic carbocycles. The van der Waals surface area contributed by atoms with Crippen LogP contribution >= 0.6 is 0 Å². The lowest BCUT2D eigenvalue weighted by Gasteiger charge is -2.53. The second kappa shape index (κ2) is 17.4. The molecule has 4 aromatic rings. The van der Waals surface area contributed by atoms with E-state index in [9.17, 15) is 28.2 Å². The third-order valence-electron chi connectivity index (χ3n) is 12.9. The van der Waals surface area contributed by atoms with Gasteiger partial charge in [-0.2, -0.15) is 13.2 Å². The Morgan fingerprint density at radius 1 is 1.00 bits per heavy atom. The summed E-state index contributed by atoms with van der Waals surface area (Å²) < 4.78 is 47.6. The minimum Gasteiger partial charge on any atom is -0.508 e. The molecule has 3 aromatic carbocycles. The van der Waals surface area contributed by atoms with E-state index in [0.717, 1.165) is 74.7 Å². The van der Waals surface area contributed by atoms with Crippen LogP contribution in [0.4, 0.5) is 19.0 Å². The standard InChI is InChI=1S/C35H41NO4.C10H12F3N3O/c1-35-18-17-30-29-14-11-27(37)21-26(29)20-25(33(30)31(35)15-16-32(35)38)4-3-19-36-34(39)24-7-5-22(6-8-24)23-9-12-28(40-2)13-10-23;11-10(12,13)8-4-14-5-9(16-8)15-7-2-1-3-17-6-7/h5-14,21,25,30-33,37-38H,3-4,15-20H2,1-2H3,(H,36,39);4-5,7H,1-3,6H2,(H,15,16). The van der Waals surface area contributed by atoms with Crippen molar-refractivity contribution in [3.8, 4) is 22.6 Å². The van der Waals surface area contributed by atoms with Gasteiger partial charge >= 0.3 is 6.18 Å². The molecule has 12 heteroatoms. The summed E-state index contributed by atoms with van der Waals surface area (Å²) in [6, 6.07) is 21.6. The first-order chi connectivity index (χ1) is 27.4. The second-order valence-corrected chi connectivity index (χ2v) is 16.3. The Hall–Kier alpha value is -4.68. The van der Waals surface area contributed by atoms with E-state index >= 15 is 0 Å². The van der Waals surface area contributed by atoms with Crippen molar-refractivity contribution in [2.24, 2.45) is 23.2 Å². The number of methoxy groups -OCH3 is 1. The highest BCUT2D eigenvalue weighted by molar-refractivity contribution is 5.94. The van der Waals surface area contributed by atoms with Crippen LogP contribution in [0.3, 0.4) is 0 Å². The maximum Gasteiger partial charge on any atom is 0.434 e. The minimum absolute atomic E-state index is 0.00142. The molecule has 1 aliphatic heterocycles. The normalized spacial score (nSPS) is 26.5. The molecule has 0 spiro atoms. The van der Waals surface area contributed by atoms with Crippen LogP contribution < -0.4 is 15.4 Å². The van der Waals surface area contributed by atoms with Crippen molar-refractivity contribution in [1.82, 2.24) is 15.3 Å². The number of carbonyl (C=O) groups is 1. The number of alkyl halides is 3. The zero-order valence-electron chi connectivity index (χ0n) is 32.6. The smallest absolute Gasteiger partial charge is 0.434 e. The molecule has 7 atom stereocenters. The number of aromatic hydroxyl groups is 1. The highest BCUT2D eigenvalue weighted by atomic mass is 19.4. The Labute approximate surface area is 332 Å². The highest BCUT2D eigenvalue weighted by Gasteiger charge is 2.56. The van der Waals surface area contributed by atoms with Gasteiger partial charge in [-0.15, -0.1) is 0 Å². The van der Waals surface area contributed by atoms with Gasteiger partial charge in [0, 0.05) is 18.7 Å². The van der Waals surface area contributed by atoms with Gasteiger partial charge in [0.25, 0.3) is 5.91 Å². The summed E-state index contributed by atoms with van der Waals surface area (Å²) in [5.74, 6) is 3.34. The summed E-state index contributed by atoms with van der Waals surface area (Å²) >= 11 is 0. The van der Waals surface area contributed by atoms with Crippen LogP contribution in [-0.2, 0) is 17.3 Å². The number of nitrogens with one attached hydrogen (secondary N) is 2. The number of nitrogens with zero attached hydrogens (tertiary/aromatic N) is 2. The third kappa shape index (κ3) is 9.23. The number of aliphatic hydroxyl groups excluding tert-OH is 1. The number of benzene rings is 3. The van der Waals surface area contributed by atoms with Crippen molar-refractivity contribution in [3.05, 3.63) is 102 Å². The Balaban J connectivity index is 0.000000244. The average Bonchev–Trinajstić information content (AvgIpc) is 3.53. The lowest BCUT2D eigenvalue weighted by Crippen LogP contribution is -2.47. The van der Waals surface area contributed by atoms with Crippen LogP contribution in [0.15, 0.2) is 79.1 Å². The summed E-state index contributed by atoms with van der Waals surface area (Å²) in [6.45, 7) is 4.14. The predicted octanol–water partition coefficient (Wildman–Crippen LogP) is 8.81.